The number of nitrogens with one attached hydrogen (secondary N) is 1. The predicted molar refractivity (Wildman–Crippen MR) is 120 cm³/mol. The third-order valence-electron chi connectivity index (χ3n) is 5.61. The quantitative estimate of drug-likeness (QED) is 0.202. The summed E-state index contributed by atoms with van der Waals surface area (Å²) in [4.78, 5) is 25.4. The minimum atomic E-state index is -1.46. The molecule has 0 unspecified atom stereocenters. The topological polar surface area (TPSA) is 64.6 Å². The molecule has 5 nitrogen and oxygen atoms in total. The Hall–Kier alpha value is -0.793. The van der Waals surface area contributed by atoms with Crippen LogP contribution in [0, 0.1) is 17.3 Å². The summed E-state index contributed by atoms with van der Waals surface area (Å²) in [7, 11) is -1.46. The first-order valence-electron chi connectivity index (χ1n) is 9.53. The fourth-order valence-corrected chi connectivity index (χ4v) is 5.60. The lowest BCUT2D eigenvalue weighted by atomic mass is 9.62. The van der Waals surface area contributed by atoms with Gasteiger partial charge >= 0.3 is 5.97 Å². The summed E-state index contributed by atoms with van der Waals surface area (Å²) in [5, 5.41) is 3.55. The molecule has 0 aliphatic carbocycles. The average Bonchev–Trinajstić information content (AvgIpc) is 2.54. The van der Waals surface area contributed by atoms with Crippen molar-refractivity contribution in [3.63, 3.8) is 0 Å². The SMILES string of the molecule is C[C@@H](C(=O)Oc1cc(Cl)c(Cl)cc1Cl)[C@H]1NC(=O)[C@@H]1[C@@](C)(O[SiH](C)C)C(C)(C)C. The largest absolute Gasteiger partial charge is 0.425 e. The Morgan fingerprint density at radius 3 is 2.14 bits per heavy atom. The fourth-order valence-electron chi connectivity index (χ4n) is 3.55. The number of rotatable bonds is 6. The number of benzene rings is 1. The number of carbonyl (C=O) groups is 2. The lowest BCUT2D eigenvalue weighted by Crippen LogP contribution is -2.72. The molecule has 1 fully saturated rings. The van der Waals surface area contributed by atoms with Gasteiger partial charge in [-0.1, -0.05) is 55.6 Å². The molecular formula is C20H28Cl3NO4Si. The molecule has 2 rings (SSSR count). The molecule has 0 bridgehead atoms. The van der Waals surface area contributed by atoms with Gasteiger partial charge in [0.25, 0.3) is 0 Å². The van der Waals surface area contributed by atoms with Crippen molar-refractivity contribution in [2.75, 3.05) is 0 Å². The van der Waals surface area contributed by atoms with Crippen molar-refractivity contribution in [3.05, 3.63) is 27.2 Å². The van der Waals surface area contributed by atoms with Crippen LogP contribution in [0.15, 0.2) is 12.1 Å². The third kappa shape index (κ3) is 4.93. The van der Waals surface area contributed by atoms with Crippen LogP contribution < -0.4 is 10.1 Å². The zero-order valence-corrected chi connectivity index (χ0v) is 21.2. The summed E-state index contributed by atoms with van der Waals surface area (Å²) in [6, 6.07) is 2.42. The summed E-state index contributed by atoms with van der Waals surface area (Å²) < 4.78 is 11.8. The maximum Gasteiger partial charge on any atom is 0.316 e. The van der Waals surface area contributed by atoms with Crippen molar-refractivity contribution in [2.24, 2.45) is 17.3 Å². The van der Waals surface area contributed by atoms with Crippen molar-refractivity contribution < 1.29 is 18.8 Å². The number of hydrogen-bond acceptors (Lipinski definition) is 4. The highest BCUT2D eigenvalue weighted by atomic mass is 35.5. The fraction of sp³-hybridized carbons (Fsp3) is 0.600. The molecule has 162 valence electrons. The number of halogens is 3. The van der Waals surface area contributed by atoms with Crippen LogP contribution in [0.5, 0.6) is 5.75 Å². The maximum atomic E-state index is 12.8. The first kappa shape index (κ1) is 24.5. The highest BCUT2D eigenvalue weighted by Crippen LogP contribution is 2.46. The van der Waals surface area contributed by atoms with Crippen molar-refractivity contribution in [1.29, 1.82) is 0 Å². The molecule has 1 heterocycles. The molecule has 1 saturated heterocycles. The van der Waals surface area contributed by atoms with Crippen LogP contribution in [-0.2, 0) is 14.0 Å². The van der Waals surface area contributed by atoms with Crippen LogP contribution >= 0.6 is 34.8 Å². The molecule has 1 aliphatic rings. The molecule has 0 aromatic heterocycles. The highest BCUT2D eigenvalue weighted by molar-refractivity contribution is 6.48. The van der Waals surface area contributed by atoms with E-state index in [1.807, 2.05) is 27.7 Å². The minimum Gasteiger partial charge on any atom is -0.425 e. The van der Waals surface area contributed by atoms with E-state index in [2.05, 4.69) is 18.4 Å². The van der Waals surface area contributed by atoms with E-state index in [4.69, 9.17) is 44.0 Å². The number of hydrogen-bond donors (Lipinski definition) is 1. The van der Waals surface area contributed by atoms with Gasteiger partial charge in [-0.2, -0.15) is 0 Å². The summed E-state index contributed by atoms with van der Waals surface area (Å²) in [5.74, 6) is -1.58. The molecule has 1 amide bonds. The molecule has 0 radical (unpaired) electrons. The van der Waals surface area contributed by atoms with E-state index in [0.717, 1.165) is 0 Å². The van der Waals surface area contributed by atoms with Gasteiger partial charge in [0.1, 0.15) is 0 Å². The van der Waals surface area contributed by atoms with E-state index in [1.165, 1.54) is 12.1 Å². The Morgan fingerprint density at radius 2 is 1.66 bits per heavy atom. The molecule has 4 atom stereocenters. The number of esters is 1. The predicted octanol–water partition coefficient (Wildman–Crippen LogP) is 5.11. The minimum absolute atomic E-state index is 0.116. The lowest BCUT2D eigenvalue weighted by molar-refractivity contribution is -0.166. The van der Waals surface area contributed by atoms with Crippen LogP contribution in [0.25, 0.3) is 0 Å². The second-order valence-corrected chi connectivity index (χ2v) is 12.5. The second kappa shape index (κ2) is 8.75. The summed E-state index contributed by atoms with van der Waals surface area (Å²) in [5.41, 5.74) is -1.02. The lowest BCUT2D eigenvalue weighted by Gasteiger charge is -2.55. The maximum absolute atomic E-state index is 12.8. The number of ether oxygens (including phenoxy) is 1. The smallest absolute Gasteiger partial charge is 0.316 e. The summed E-state index contributed by atoms with van der Waals surface area (Å²) >= 11 is 18.0. The zero-order valence-electron chi connectivity index (χ0n) is 17.7. The van der Waals surface area contributed by atoms with E-state index in [-0.39, 0.29) is 32.1 Å². The van der Waals surface area contributed by atoms with Gasteiger partial charge in [-0.25, -0.2) is 0 Å². The molecule has 1 aliphatic heterocycles. The van der Waals surface area contributed by atoms with Crippen LogP contribution in [0.2, 0.25) is 28.2 Å². The molecule has 0 spiro atoms. The number of amides is 1. The van der Waals surface area contributed by atoms with E-state index < -0.39 is 38.5 Å². The van der Waals surface area contributed by atoms with Crippen molar-refractivity contribution >= 4 is 55.7 Å². The Labute approximate surface area is 189 Å². The van der Waals surface area contributed by atoms with Crippen LogP contribution in [0.1, 0.15) is 34.6 Å². The molecule has 9 heteroatoms. The molecule has 1 N–H and O–H groups in total. The van der Waals surface area contributed by atoms with Crippen molar-refractivity contribution in [3.8, 4) is 5.75 Å². The Bertz CT molecular complexity index is 812. The van der Waals surface area contributed by atoms with E-state index >= 15 is 0 Å². The molecule has 0 saturated carbocycles. The zero-order chi connectivity index (χ0) is 22.3. The Kier molecular flexibility index (Phi) is 7.39. The monoisotopic (exact) mass is 479 g/mol. The average molecular weight is 481 g/mol. The van der Waals surface area contributed by atoms with Gasteiger partial charge in [-0.15, -0.1) is 0 Å². The molecule has 1 aromatic carbocycles. The van der Waals surface area contributed by atoms with Crippen molar-refractivity contribution in [2.45, 2.75) is 59.4 Å². The normalized spacial score (nSPS) is 22.5. The third-order valence-corrected chi connectivity index (χ3v) is 7.59. The van der Waals surface area contributed by atoms with Gasteiger partial charge < -0.3 is 14.5 Å². The van der Waals surface area contributed by atoms with Crippen molar-refractivity contribution in [1.82, 2.24) is 5.32 Å². The summed E-state index contributed by atoms with van der Waals surface area (Å²) in [6.07, 6.45) is 0. The highest BCUT2D eigenvalue weighted by Gasteiger charge is 2.59. The molecular weight excluding hydrogens is 453 g/mol. The van der Waals surface area contributed by atoms with E-state index in [0.29, 0.717) is 0 Å². The Balaban J connectivity index is 2.26. The van der Waals surface area contributed by atoms with Gasteiger partial charge in [0, 0.05) is 6.07 Å². The first-order chi connectivity index (χ1) is 13.2. The van der Waals surface area contributed by atoms with E-state index in [9.17, 15) is 9.59 Å². The van der Waals surface area contributed by atoms with Crippen LogP contribution in [0.3, 0.4) is 0 Å². The first-order valence-corrected chi connectivity index (χ1v) is 13.4. The Morgan fingerprint density at radius 1 is 1.10 bits per heavy atom. The van der Waals surface area contributed by atoms with Crippen LogP contribution in [-0.4, -0.2) is 32.6 Å². The van der Waals surface area contributed by atoms with Gasteiger partial charge in [0.2, 0.25) is 5.91 Å². The standard InChI is InChI=1S/C20H28Cl3NO4Si/c1-10(18(26)27-14-9-12(22)11(21)8-13(14)23)16-15(17(25)24-16)20(5,19(2,3)4)28-29(6)7/h8-10,15-16,29H,1-7H3,(H,24,25)/t10-,15-,16-,20-/m1/s1. The van der Waals surface area contributed by atoms with Gasteiger partial charge in [0.15, 0.2) is 14.8 Å². The second-order valence-electron chi connectivity index (χ2n) is 8.94. The van der Waals surface area contributed by atoms with Gasteiger partial charge in [0.05, 0.1) is 38.5 Å². The van der Waals surface area contributed by atoms with Gasteiger partial charge in [-0.3, -0.25) is 9.59 Å². The number of carbonyl (C=O) groups excluding carboxylic acids is 2. The molecule has 1 aromatic rings. The van der Waals surface area contributed by atoms with Crippen LogP contribution in [0.4, 0.5) is 0 Å². The summed E-state index contributed by atoms with van der Waals surface area (Å²) in [6.45, 7) is 14.0. The number of β-lactam (4-membered cyclic amide) rings is 1. The molecule has 29 heavy (non-hydrogen) atoms. The van der Waals surface area contributed by atoms with Gasteiger partial charge in [-0.05, 0) is 38.4 Å². The van der Waals surface area contributed by atoms with E-state index in [1.54, 1.807) is 6.92 Å².